The van der Waals surface area contributed by atoms with Gasteiger partial charge in [-0.05, 0) is 63.2 Å². The van der Waals surface area contributed by atoms with Gasteiger partial charge in [-0.25, -0.2) is 4.98 Å². The molecule has 2 saturated heterocycles. The standard InChI is InChI=1S/C25H36N4O3/c1-3-28-10-8-19-15-20(29-11-13-31-14-12-29)7-9-25(19,17-28)24(30)26-16-22-27-23-18(2)5-4-6-21(23)32-22/h4-6,19-20H,3,7-17H2,1-2H3,(H,26,30)/t19-,20+,25-/m1/s1. The predicted octanol–water partition coefficient (Wildman–Crippen LogP) is 2.97. The van der Waals surface area contributed by atoms with Crippen molar-refractivity contribution in [3.05, 3.63) is 29.7 Å². The van der Waals surface area contributed by atoms with Crippen LogP contribution in [-0.2, 0) is 16.1 Å². The molecule has 1 saturated carbocycles. The molecule has 1 N–H and O–H groups in total. The Bertz CT molecular complexity index is 954. The molecule has 174 valence electrons. The van der Waals surface area contributed by atoms with E-state index in [4.69, 9.17) is 9.15 Å². The normalized spacial score (nSPS) is 29.7. The molecular formula is C25H36N4O3. The number of fused-ring (bicyclic) bond motifs is 2. The van der Waals surface area contributed by atoms with E-state index in [0.29, 0.717) is 24.4 Å². The van der Waals surface area contributed by atoms with Crippen molar-refractivity contribution in [2.75, 3.05) is 45.9 Å². The minimum atomic E-state index is -0.307. The summed E-state index contributed by atoms with van der Waals surface area (Å²) < 4.78 is 11.5. The highest BCUT2D eigenvalue weighted by Gasteiger charge is 2.52. The molecule has 0 bridgehead atoms. The number of carbonyl (C=O) groups is 1. The summed E-state index contributed by atoms with van der Waals surface area (Å²) >= 11 is 0. The van der Waals surface area contributed by atoms with Crippen molar-refractivity contribution in [3.63, 3.8) is 0 Å². The summed E-state index contributed by atoms with van der Waals surface area (Å²) in [5.74, 6) is 1.19. The molecule has 7 nitrogen and oxygen atoms in total. The van der Waals surface area contributed by atoms with Gasteiger partial charge in [-0.15, -0.1) is 0 Å². The molecule has 1 amide bonds. The van der Waals surface area contributed by atoms with Gasteiger partial charge in [-0.2, -0.15) is 0 Å². The number of ether oxygens (including phenoxy) is 1. The Balaban J connectivity index is 1.31. The molecule has 1 aromatic carbocycles. The van der Waals surface area contributed by atoms with Gasteiger partial charge in [0.2, 0.25) is 11.8 Å². The first-order chi connectivity index (χ1) is 15.6. The number of oxazole rings is 1. The van der Waals surface area contributed by atoms with Gasteiger partial charge in [-0.3, -0.25) is 9.69 Å². The van der Waals surface area contributed by atoms with Crippen LogP contribution in [-0.4, -0.2) is 72.7 Å². The number of para-hydroxylation sites is 1. The van der Waals surface area contributed by atoms with Crippen LogP contribution >= 0.6 is 0 Å². The SMILES string of the molecule is CCN1CC[C@@H]2C[C@@H](N3CCOCC3)CC[C@@]2(C(=O)NCc2nc3c(C)cccc3o2)C1. The molecule has 5 rings (SSSR count). The molecule has 3 aliphatic rings. The summed E-state index contributed by atoms with van der Waals surface area (Å²) in [6.07, 6.45) is 4.26. The average molecular weight is 441 g/mol. The third-order valence-corrected chi connectivity index (χ3v) is 8.09. The zero-order valence-electron chi connectivity index (χ0n) is 19.4. The fraction of sp³-hybridized carbons (Fsp3) is 0.680. The van der Waals surface area contributed by atoms with Crippen LogP contribution in [0.2, 0.25) is 0 Å². The lowest BCUT2D eigenvalue weighted by Gasteiger charge is -2.53. The van der Waals surface area contributed by atoms with Gasteiger partial charge in [0.1, 0.15) is 5.52 Å². The number of nitrogens with zero attached hydrogens (tertiary/aromatic N) is 3. The van der Waals surface area contributed by atoms with Crippen LogP contribution in [0.3, 0.4) is 0 Å². The number of piperidine rings is 1. The van der Waals surface area contributed by atoms with Crippen molar-refractivity contribution in [2.24, 2.45) is 11.3 Å². The molecule has 1 aliphatic carbocycles. The molecule has 0 spiro atoms. The molecule has 32 heavy (non-hydrogen) atoms. The Morgan fingerprint density at radius 1 is 1.25 bits per heavy atom. The fourth-order valence-electron chi connectivity index (χ4n) is 6.17. The van der Waals surface area contributed by atoms with E-state index in [-0.39, 0.29) is 11.3 Å². The largest absolute Gasteiger partial charge is 0.439 e. The average Bonchev–Trinajstić information content (AvgIpc) is 3.27. The van der Waals surface area contributed by atoms with Crippen LogP contribution in [0.4, 0.5) is 0 Å². The van der Waals surface area contributed by atoms with Crippen molar-refractivity contribution in [2.45, 2.75) is 52.1 Å². The van der Waals surface area contributed by atoms with Crippen LogP contribution < -0.4 is 5.32 Å². The molecule has 3 atom stereocenters. The summed E-state index contributed by atoms with van der Waals surface area (Å²) in [5.41, 5.74) is 2.45. The Hall–Kier alpha value is -1.96. The van der Waals surface area contributed by atoms with Gasteiger partial charge in [0.05, 0.1) is 25.2 Å². The third kappa shape index (κ3) is 4.06. The Morgan fingerprint density at radius 2 is 2.09 bits per heavy atom. The number of aromatic nitrogens is 1. The van der Waals surface area contributed by atoms with Crippen LogP contribution in [0, 0.1) is 18.3 Å². The second kappa shape index (κ2) is 9.12. The summed E-state index contributed by atoms with van der Waals surface area (Å²) in [5, 5.41) is 3.22. The summed E-state index contributed by atoms with van der Waals surface area (Å²) in [6.45, 7) is 11.2. The van der Waals surface area contributed by atoms with Gasteiger partial charge in [-0.1, -0.05) is 19.1 Å². The number of hydrogen-bond acceptors (Lipinski definition) is 6. The Labute approximate surface area is 190 Å². The highest BCUT2D eigenvalue weighted by atomic mass is 16.5. The van der Waals surface area contributed by atoms with E-state index in [9.17, 15) is 4.79 Å². The smallest absolute Gasteiger partial charge is 0.228 e. The van der Waals surface area contributed by atoms with Crippen LogP contribution in [0.15, 0.2) is 22.6 Å². The van der Waals surface area contributed by atoms with E-state index in [2.05, 4.69) is 27.0 Å². The summed E-state index contributed by atoms with van der Waals surface area (Å²) in [6, 6.07) is 6.52. The Morgan fingerprint density at radius 3 is 2.88 bits per heavy atom. The number of carbonyl (C=O) groups excluding carboxylic acids is 1. The van der Waals surface area contributed by atoms with E-state index in [0.717, 1.165) is 88.3 Å². The van der Waals surface area contributed by atoms with Crippen molar-refractivity contribution >= 4 is 17.0 Å². The monoisotopic (exact) mass is 440 g/mol. The van der Waals surface area contributed by atoms with Gasteiger partial charge in [0.15, 0.2) is 5.58 Å². The first-order valence-electron chi connectivity index (χ1n) is 12.3. The molecule has 3 heterocycles. The Kier molecular flexibility index (Phi) is 6.23. The predicted molar refractivity (Wildman–Crippen MR) is 123 cm³/mol. The lowest BCUT2D eigenvalue weighted by Crippen LogP contribution is -2.60. The number of likely N-dealkylation sites (tertiary alicyclic amines) is 1. The highest BCUT2D eigenvalue weighted by Crippen LogP contribution is 2.48. The molecule has 7 heteroatoms. The topological polar surface area (TPSA) is 70.8 Å². The first-order valence-corrected chi connectivity index (χ1v) is 12.3. The molecule has 2 aromatic rings. The van der Waals surface area contributed by atoms with Crippen LogP contribution in [0.25, 0.3) is 11.1 Å². The van der Waals surface area contributed by atoms with E-state index >= 15 is 0 Å². The van der Waals surface area contributed by atoms with E-state index in [1.807, 2.05) is 25.1 Å². The minimum Gasteiger partial charge on any atom is -0.439 e. The number of nitrogens with one attached hydrogen (secondary N) is 1. The van der Waals surface area contributed by atoms with Crippen molar-refractivity contribution in [3.8, 4) is 0 Å². The first kappa shape index (κ1) is 21.9. The highest BCUT2D eigenvalue weighted by molar-refractivity contribution is 5.83. The van der Waals surface area contributed by atoms with Crippen LogP contribution in [0.5, 0.6) is 0 Å². The summed E-state index contributed by atoms with van der Waals surface area (Å²) in [7, 11) is 0. The maximum absolute atomic E-state index is 13.7. The summed E-state index contributed by atoms with van der Waals surface area (Å²) in [4.78, 5) is 23.4. The maximum atomic E-state index is 13.7. The van der Waals surface area contributed by atoms with Gasteiger partial charge in [0.25, 0.3) is 0 Å². The lowest BCUT2D eigenvalue weighted by molar-refractivity contribution is -0.145. The van der Waals surface area contributed by atoms with Crippen molar-refractivity contribution in [1.82, 2.24) is 20.1 Å². The molecule has 3 fully saturated rings. The number of amides is 1. The zero-order chi connectivity index (χ0) is 22.1. The second-order valence-corrected chi connectivity index (χ2v) is 9.80. The quantitative estimate of drug-likeness (QED) is 0.771. The maximum Gasteiger partial charge on any atom is 0.228 e. The van der Waals surface area contributed by atoms with Crippen molar-refractivity contribution < 1.29 is 13.9 Å². The number of aryl methyl sites for hydroxylation is 1. The van der Waals surface area contributed by atoms with Gasteiger partial charge < -0.3 is 19.4 Å². The zero-order valence-corrected chi connectivity index (χ0v) is 19.4. The number of rotatable bonds is 5. The van der Waals surface area contributed by atoms with Crippen LogP contribution in [0.1, 0.15) is 44.1 Å². The molecule has 2 aliphatic heterocycles. The third-order valence-electron chi connectivity index (χ3n) is 8.09. The number of hydrogen-bond donors (Lipinski definition) is 1. The van der Waals surface area contributed by atoms with E-state index in [1.54, 1.807) is 0 Å². The number of morpholine rings is 1. The minimum absolute atomic E-state index is 0.181. The molecule has 0 unspecified atom stereocenters. The molecule has 0 radical (unpaired) electrons. The number of benzene rings is 1. The molecule has 1 aromatic heterocycles. The van der Waals surface area contributed by atoms with Gasteiger partial charge >= 0.3 is 0 Å². The second-order valence-electron chi connectivity index (χ2n) is 9.80. The lowest BCUT2D eigenvalue weighted by atomic mass is 9.61. The van der Waals surface area contributed by atoms with E-state index < -0.39 is 0 Å². The van der Waals surface area contributed by atoms with E-state index in [1.165, 1.54) is 0 Å². The van der Waals surface area contributed by atoms with Crippen molar-refractivity contribution in [1.29, 1.82) is 0 Å². The fourth-order valence-corrected chi connectivity index (χ4v) is 6.17. The van der Waals surface area contributed by atoms with Gasteiger partial charge in [0, 0.05) is 25.7 Å². The molecular weight excluding hydrogens is 404 g/mol.